The van der Waals surface area contributed by atoms with Crippen molar-refractivity contribution in [1.29, 1.82) is 0 Å². The zero-order valence-corrected chi connectivity index (χ0v) is 8.13. The van der Waals surface area contributed by atoms with Crippen molar-refractivity contribution in [1.82, 2.24) is 0 Å². The number of aliphatic imine (C=N–C) groups is 1. The number of carbonyl (C=O) groups is 1. The van der Waals surface area contributed by atoms with Gasteiger partial charge in [-0.1, -0.05) is 5.57 Å². The van der Waals surface area contributed by atoms with Gasteiger partial charge in [0.25, 0.3) is 0 Å². The van der Waals surface area contributed by atoms with Crippen molar-refractivity contribution in [3.05, 3.63) is 11.1 Å². The first-order chi connectivity index (χ1) is 6.16. The highest BCUT2D eigenvalue weighted by Gasteiger charge is 2.20. The predicted octanol–water partition coefficient (Wildman–Crippen LogP) is 2.03. The summed E-state index contributed by atoms with van der Waals surface area (Å²) in [6.07, 6.45) is 2.96. The van der Waals surface area contributed by atoms with Crippen LogP contribution in [0.2, 0.25) is 0 Å². The van der Waals surface area contributed by atoms with Crippen LogP contribution in [-0.4, -0.2) is 23.3 Å². The van der Waals surface area contributed by atoms with E-state index in [4.69, 9.17) is 5.11 Å². The first kappa shape index (κ1) is 9.96. The molecule has 0 bridgehead atoms. The molecule has 1 aliphatic rings. The third-order valence-corrected chi connectivity index (χ3v) is 2.30. The molecule has 0 spiro atoms. The Kier molecular flexibility index (Phi) is 3.23. The van der Waals surface area contributed by atoms with Gasteiger partial charge >= 0.3 is 5.97 Å². The summed E-state index contributed by atoms with van der Waals surface area (Å²) in [5.41, 5.74) is 2.42. The maximum absolute atomic E-state index is 10.9. The van der Waals surface area contributed by atoms with E-state index in [0.717, 1.165) is 24.8 Å². The lowest BCUT2D eigenvalue weighted by atomic mass is 10.1. The lowest BCUT2D eigenvalue weighted by molar-refractivity contribution is -0.129. The van der Waals surface area contributed by atoms with E-state index in [1.807, 2.05) is 13.8 Å². The lowest BCUT2D eigenvalue weighted by Crippen LogP contribution is -2.16. The number of rotatable bonds is 3. The molecule has 0 saturated heterocycles. The molecule has 1 N–H and O–H groups in total. The molecule has 0 atom stereocenters. The van der Waals surface area contributed by atoms with Gasteiger partial charge in [-0.05, 0) is 38.7 Å². The fourth-order valence-corrected chi connectivity index (χ4v) is 1.67. The van der Waals surface area contributed by atoms with Crippen LogP contribution in [0.5, 0.6) is 0 Å². The molecular formula is C10H15NO2. The molecule has 0 aromatic heterocycles. The fraction of sp³-hybridized carbons (Fsp3) is 0.600. The van der Waals surface area contributed by atoms with Gasteiger partial charge in [0.15, 0.2) is 0 Å². The highest BCUT2D eigenvalue weighted by molar-refractivity contribution is 6.42. The van der Waals surface area contributed by atoms with E-state index in [1.54, 1.807) is 0 Å². The van der Waals surface area contributed by atoms with Crippen LogP contribution in [0.4, 0.5) is 0 Å². The zero-order valence-electron chi connectivity index (χ0n) is 8.13. The molecule has 0 aromatic rings. The second kappa shape index (κ2) is 4.21. The summed E-state index contributed by atoms with van der Waals surface area (Å²) in [6.45, 7) is 4.39. The van der Waals surface area contributed by atoms with Crippen molar-refractivity contribution in [2.75, 3.05) is 6.54 Å². The van der Waals surface area contributed by atoms with E-state index in [-0.39, 0.29) is 5.71 Å². The topological polar surface area (TPSA) is 49.7 Å². The molecule has 0 unspecified atom stereocenters. The molecule has 0 saturated carbocycles. The molecule has 0 heterocycles. The number of nitrogens with zero attached hydrogens (tertiary/aromatic N) is 1. The Morgan fingerprint density at radius 1 is 1.54 bits per heavy atom. The van der Waals surface area contributed by atoms with Gasteiger partial charge in [-0.15, -0.1) is 0 Å². The first-order valence-corrected chi connectivity index (χ1v) is 4.63. The summed E-state index contributed by atoms with van der Waals surface area (Å²) >= 11 is 0. The second-order valence-electron chi connectivity index (χ2n) is 3.24. The van der Waals surface area contributed by atoms with Crippen LogP contribution in [0.15, 0.2) is 16.1 Å². The number of aliphatic carboxylic acids is 1. The van der Waals surface area contributed by atoms with Gasteiger partial charge < -0.3 is 5.11 Å². The molecule has 3 heteroatoms. The first-order valence-electron chi connectivity index (χ1n) is 4.63. The van der Waals surface area contributed by atoms with E-state index >= 15 is 0 Å². The Labute approximate surface area is 78.2 Å². The Balaban J connectivity index is 2.95. The van der Waals surface area contributed by atoms with Gasteiger partial charge in [0, 0.05) is 6.54 Å². The number of hydrogen-bond acceptors (Lipinski definition) is 2. The molecule has 0 radical (unpaired) electrons. The molecule has 0 amide bonds. The van der Waals surface area contributed by atoms with E-state index in [0.29, 0.717) is 6.54 Å². The predicted molar refractivity (Wildman–Crippen MR) is 52.2 cm³/mol. The van der Waals surface area contributed by atoms with Crippen LogP contribution in [0.1, 0.15) is 33.1 Å². The quantitative estimate of drug-likeness (QED) is 0.677. The maximum Gasteiger partial charge on any atom is 0.354 e. The molecule has 0 aromatic carbocycles. The maximum atomic E-state index is 10.9. The van der Waals surface area contributed by atoms with Crippen molar-refractivity contribution >= 4 is 11.7 Å². The average Bonchev–Trinajstić information content (AvgIpc) is 2.47. The standard InChI is InChI=1S/C10H15NO2/c1-3-11-9(10(12)13)8-6-4-5-7(8)2/h3-6H2,1-2H3,(H,12,13). The largest absolute Gasteiger partial charge is 0.477 e. The van der Waals surface area contributed by atoms with Crippen molar-refractivity contribution in [2.24, 2.45) is 4.99 Å². The van der Waals surface area contributed by atoms with Gasteiger partial charge in [0.05, 0.1) is 0 Å². The van der Waals surface area contributed by atoms with Gasteiger partial charge in [-0.25, -0.2) is 4.79 Å². The normalized spacial score (nSPS) is 18.2. The van der Waals surface area contributed by atoms with Crippen LogP contribution in [0.25, 0.3) is 0 Å². The summed E-state index contributed by atoms with van der Waals surface area (Å²) in [5, 5.41) is 8.92. The molecule has 1 aliphatic carbocycles. The van der Waals surface area contributed by atoms with E-state index in [1.165, 1.54) is 5.57 Å². The van der Waals surface area contributed by atoms with Gasteiger partial charge in [-0.3, -0.25) is 4.99 Å². The highest BCUT2D eigenvalue weighted by Crippen LogP contribution is 2.26. The monoisotopic (exact) mass is 181 g/mol. The number of hydrogen-bond donors (Lipinski definition) is 1. The Bertz CT molecular complexity index is 277. The summed E-state index contributed by atoms with van der Waals surface area (Å²) in [6, 6.07) is 0. The average molecular weight is 181 g/mol. The van der Waals surface area contributed by atoms with Crippen LogP contribution in [-0.2, 0) is 4.79 Å². The van der Waals surface area contributed by atoms with Crippen LogP contribution in [0.3, 0.4) is 0 Å². The minimum atomic E-state index is -0.891. The summed E-state index contributed by atoms with van der Waals surface area (Å²) in [7, 11) is 0. The van der Waals surface area contributed by atoms with Crippen molar-refractivity contribution < 1.29 is 9.90 Å². The number of carboxylic acids is 1. The zero-order chi connectivity index (χ0) is 9.84. The SMILES string of the molecule is CCN=C(C(=O)O)C1=C(C)CCC1. The lowest BCUT2D eigenvalue weighted by Gasteiger charge is -2.03. The molecule has 1 rings (SSSR count). The summed E-state index contributed by atoms with van der Waals surface area (Å²) in [4.78, 5) is 14.9. The molecular weight excluding hydrogens is 166 g/mol. The Morgan fingerprint density at radius 3 is 2.62 bits per heavy atom. The van der Waals surface area contributed by atoms with Gasteiger partial charge in [0.2, 0.25) is 0 Å². The van der Waals surface area contributed by atoms with Crippen LogP contribution >= 0.6 is 0 Å². The number of carboxylic acid groups (broad SMARTS) is 1. The van der Waals surface area contributed by atoms with Crippen molar-refractivity contribution in [3.8, 4) is 0 Å². The summed E-state index contributed by atoms with van der Waals surface area (Å²) < 4.78 is 0. The third kappa shape index (κ3) is 2.17. The molecule has 3 nitrogen and oxygen atoms in total. The van der Waals surface area contributed by atoms with E-state index in [2.05, 4.69) is 4.99 Å². The van der Waals surface area contributed by atoms with E-state index in [9.17, 15) is 4.79 Å². The van der Waals surface area contributed by atoms with Crippen LogP contribution in [0, 0.1) is 0 Å². The molecule has 0 fully saturated rings. The molecule has 13 heavy (non-hydrogen) atoms. The minimum Gasteiger partial charge on any atom is -0.477 e. The van der Waals surface area contributed by atoms with Crippen LogP contribution < -0.4 is 0 Å². The van der Waals surface area contributed by atoms with Crippen molar-refractivity contribution in [3.63, 3.8) is 0 Å². The van der Waals surface area contributed by atoms with Crippen molar-refractivity contribution in [2.45, 2.75) is 33.1 Å². The van der Waals surface area contributed by atoms with Gasteiger partial charge in [-0.2, -0.15) is 0 Å². The Morgan fingerprint density at radius 2 is 2.23 bits per heavy atom. The Hall–Kier alpha value is -1.12. The smallest absolute Gasteiger partial charge is 0.354 e. The highest BCUT2D eigenvalue weighted by atomic mass is 16.4. The minimum absolute atomic E-state index is 0.275. The van der Waals surface area contributed by atoms with E-state index < -0.39 is 5.97 Å². The second-order valence-corrected chi connectivity index (χ2v) is 3.24. The molecule has 72 valence electrons. The number of allylic oxidation sites excluding steroid dienone is 1. The fourth-order valence-electron chi connectivity index (χ4n) is 1.67. The molecule has 0 aliphatic heterocycles. The van der Waals surface area contributed by atoms with Gasteiger partial charge in [0.1, 0.15) is 5.71 Å². The summed E-state index contributed by atoms with van der Waals surface area (Å²) in [5.74, 6) is -0.891. The third-order valence-electron chi connectivity index (χ3n) is 2.30.